The van der Waals surface area contributed by atoms with Crippen LogP contribution in [0.5, 0.6) is 11.8 Å². The zero-order valence-electron chi connectivity index (χ0n) is 21.2. The van der Waals surface area contributed by atoms with Crippen molar-refractivity contribution in [2.45, 2.75) is 45.6 Å². The molecule has 0 bridgehead atoms. The van der Waals surface area contributed by atoms with Gasteiger partial charge in [0, 0.05) is 19.5 Å². The molecule has 0 atom stereocenters. The minimum Gasteiger partial charge on any atom is -0.480 e. The van der Waals surface area contributed by atoms with Crippen molar-refractivity contribution in [1.29, 1.82) is 0 Å². The number of carbonyl (C=O) groups is 2. The number of pyridine rings is 1. The number of carbonyl (C=O) groups excluding carboxylic acids is 2. The molecule has 0 radical (unpaired) electrons. The summed E-state index contributed by atoms with van der Waals surface area (Å²) in [5.74, 6) is 0.920. The second-order valence-corrected chi connectivity index (χ2v) is 9.00. The van der Waals surface area contributed by atoms with E-state index >= 15 is 0 Å². The van der Waals surface area contributed by atoms with E-state index < -0.39 is 11.7 Å². The summed E-state index contributed by atoms with van der Waals surface area (Å²) >= 11 is 0. The summed E-state index contributed by atoms with van der Waals surface area (Å²) in [6, 6.07) is 3.63. The van der Waals surface area contributed by atoms with Gasteiger partial charge in [0.1, 0.15) is 17.0 Å². The molecule has 3 aromatic heterocycles. The maximum Gasteiger partial charge on any atom is 0.416 e. The average Bonchev–Trinajstić information content (AvgIpc) is 3.66. The number of rotatable bonds is 6. The van der Waals surface area contributed by atoms with Crippen molar-refractivity contribution >= 4 is 35.2 Å². The first-order valence-electron chi connectivity index (χ1n) is 11.2. The molecule has 1 saturated carbocycles. The molecule has 1 fully saturated rings. The van der Waals surface area contributed by atoms with E-state index in [0.29, 0.717) is 23.5 Å². The Balaban J connectivity index is 0.00000106. The SMILES string of the molecule is C1CC1.COc1nc(N(C)C(=O)OC(C)(C)C)nc(OC)c1-c1cc2cc(NC=O)ncc2n1C. The zero-order chi connectivity index (χ0) is 25.8. The first-order valence-corrected chi connectivity index (χ1v) is 11.2. The van der Waals surface area contributed by atoms with Gasteiger partial charge in [-0.3, -0.25) is 4.79 Å². The molecule has 1 N–H and O–H groups in total. The first kappa shape index (κ1) is 25.7. The second kappa shape index (κ2) is 10.6. The van der Waals surface area contributed by atoms with Crippen LogP contribution in [0.25, 0.3) is 22.2 Å². The van der Waals surface area contributed by atoms with Gasteiger partial charge in [0.25, 0.3) is 0 Å². The lowest BCUT2D eigenvalue weighted by atomic mass is 10.2. The van der Waals surface area contributed by atoms with Crippen molar-refractivity contribution in [2.24, 2.45) is 7.05 Å². The lowest BCUT2D eigenvalue weighted by Gasteiger charge is -2.24. The highest BCUT2D eigenvalue weighted by Crippen LogP contribution is 2.39. The number of methoxy groups -OCH3 is 2. The number of nitrogens with one attached hydrogen (secondary N) is 1. The van der Waals surface area contributed by atoms with Crippen LogP contribution in [0, 0.1) is 0 Å². The quantitative estimate of drug-likeness (QED) is 0.518. The van der Waals surface area contributed by atoms with Crippen LogP contribution in [0.2, 0.25) is 0 Å². The molecule has 11 nitrogen and oxygen atoms in total. The van der Waals surface area contributed by atoms with Crippen molar-refractivity contribution in [1.82, 2.24) is 19.5 Å². The van der Waals surface area contributed by atoms with E-state index in [9.17, 15) is 9.59 Å². The van der Waals surface area contributed by atoms with Gasteiger partial charge in [-0.25, -0.2) is 14.7 Å². The molecule has 1 aliphatic rings. The van der Waals surface area contributed by atoms with Gasteiger partial charge in [-0.2, -0.15) is 9.97 Å². The smallest absolute Gasteiger partial charge is 0.416 e. The number of aromatic nitrogens is 4. The van der Waals surface area contributed by atoms with Crippen LogP contribution in [-0.4, -0.2) is 58.9 Å². The highest BCUT2D eigenvalue weighted by Gasteiger charge is 2.27. The maximum atomic E-state index is 12.5. The molecule has 2 amide bonds. The molecule has 35 heavy (non-hydrogen) atoms. The van der Waals surface area contributed by atoms with E-state index in [2.05, 4.69) is 20.3 Å². The van der Waals surface area contributed by atoms with Crippen molar-refractivity contribution in [3.63, 3.8) is 0 Å². The lowest BCUT2D eigenvalue weighted by Crippen LogP contribution is -2.35. The highest BCUT2D eigenvalue weighted by atomic mass is 16.6. The summed E-state index contributed by atoms with van der Waals surface area (Å²) < 4.78 is 18.3. The van der Waals surface area contributed by atoms with E-state index in [1.54, 1.807) is 33.0 Å². The predicted molar refractivity (Wildman–Crippen MR) is 133 cm³/mol. The summed E-state index contributed by atoms with van der Waals surface area (Å²) in [4.78, 5) is 37.4. The summed E-state index contributed by atoms with van der Waals surface area (Å²) in [5.41, 5.74) is 1.34. The Morgan fingerprint density at radius 1 is 1.11 bits per heavy atom. The van der Waals surface area contributed by atoms with Crippen LogP contribution in [0.15, 0.2) is 18.3 Å². The fraction of sp³-hybridized carbons (Fsp3) is 0.458. The molecule has 0 unspecified atom stereocenters. The molecule has 4 rings (SSSR count). The third kappa shape index (κ3) is 6.17. The van der Waals surface area contributed by atoms with E-state index in [0.717, 1.165) is 10.9 Å². The fourth-order valence-corrected chi connectivity index (χ4v) is 3.10. The number of hydrogen-bond acceptors (Lipinski definition) is 8. The molecular formula is C24H32N6O5. The van der Waals surface area contributed by atoms with Crippen LogP contribution in [-0.2, 0) is 16.6 Å². The van der Waals surface area contributed by atoms with Crippen LogP contribution in [0.4, 0.5) is 16.6 Å². The topological polar surface area (TPSA) is 121 Å². The molecule has 11 heteroatoms. The van der Waals surface area contributed by atoms with Crippen LogP contribution >= 0.6 is 0 Å². The fourth-order valence-electron chi connectivity index (χ4n) is 3.10. The molecule has 0 saturated heterocycles. The molecule has 0 aliphatic heterocycles. The van der Waals surface area contributed by atoms with Crippen molar-refractivity contribution in [2.75, 3.05) is 31.5 Å². The third-order valence-electron chi connectivity index (χ3n) is 4.93. The number of amides is 2. The number of hydrogen-bond donors (Lipinski definition) is 1. The molecule has 0 aromatic carbocycles. The van der Waals surface area contributed by atoms with Gasteiger partial charge in [0.15, 0.2) is 0 Å². The maximum absolute atomic E-state index is 12.5. The van der Waals surface area contributed by atoms with Crippen LogP contribution in [0.3, 0.4) is 0 Å². The average molecular weight is 485 g/mol. The van der Waals surface area contributed by atoms with Gasteiger partial charge in [-0.05, 0) is 32.9 Å². The van der Waals surface area contributed by atoms with Gasteiger partial charge < -0.3 is 24.1 Å². The molecule has 3 aromatic rings. The Morgan fingerprint density at radius 2 is 1.71 bits per heavy atom. The van der Waals surface area contributed by atoms with Gasteiger partial charge in [-0.15, -0.1) is 0 Å². The van der Waals surface area contributed by atoms with Gasteiger partial charge >= 0.3 is 6.09 Å². The third-order valence-corrected chi connectivity index (χ3v) is 4.93. The van der Waals surface area contributed by atoms with E-state index in [1.165, 1.54) is 45.4 Å². The van der Waals surface area contributed by atoms with E-state index in [1.807, 2.05) is 17.7 Å². The number of aryl methyl sites for hydroxylation is 1. The monoisotopic (exact) mass is 484 g/mol. The van der Waals surface area contributed by atoms with Crippen LogP contribution in [0.1, 0.15) is 40.0 Å². The number of nitrogens with zero attached hydrogens (tertiary/aromatic N) is 5. The molecule has 188 valence electrons. The Labute approximate surface area is 204 Å². The Hall–Kier alpha value is -3.89. The lowest BCUT2D eigenvalue weighted by molar-refractivity contribution is -0.105. The van der Waals surface area contributed by atoms with Crippen molar-refractivity contribution < 1.29 is 23.8 Å². The molecule has 3 heterocycles. The summed E-state index contributed by atoms with van der Waals surface area (Å²) in [6.07, 6.45) is 6.10. The minimum atomic E-state index is -0.672. The minimum absolute atomic E-state index is 0.0644. The Kier molecular flexibility index (Phi) is 7.78. The van der Waals surface area contributed by atoms with Crippen LogP contribution < -0.4 is 19.7 Å². The largest absolute Gasteiger partial charge is 0.480 e. The van der Waals surface area contributed by atoms with Gasteiger partial charge in [-0.1, -0.05) is 19.3 Å². The summed E-state index contributed by atoms with van der Waals surface area (Å²) in [5, 5.41) is 3.37. The van der Waals surface area contributed by atoms with Gasteiger partial charge in [0.2, 0.25) is 24.1 Å². The molecular weight excluding hydrogens is 452 g/mol. The Bertz CT molecular complexity index is 1190. The highest BCUT2D eigenvalue weighted by molar-refractivity contribution is 5.91. The summed E-state index contributed by atoms with van der Waals surface area (Å²) in [6.45, 7) is 5.32. The van der Waals surface area contributed by atoms with Gasteiger partial charge in [0.05, 0.1) is 31.6 Å². The standard InChI is InChI=1S/C21H26N6O5.C3H6/c1-21(2,3)32-20(29)27(5)19-24-17(30-6)16(18(25-19)31-7)13-8-12-9-15(23-11-28)22-10-14(12)26(13)4;1-2-3-1/h8-11H,1-7H3,(H,22,23,28);1-3H2. The van der Waals surface area contributed by atoms with Crippen molar-refractivity contribution in [3.8, 4) is 23.0 Å². The normalized spacial score (nSPS) is 12.3. The van der Waals surface area contributed by atoms with E-state index in [-0.39, 0.29) is 17.7 Å². The number of ether oxygens (including phenoxy) is 3. The number of fused-ring (bicyclic) bond motifs is 1. The molecule has 0 spiro atoms. The zero-order valence-corrected chi connectivity index (χ0v) is 21.2. The van der Waals surface area contributed by atoms with E-state index in [4.69, 9.17) is 14.2 Å². The second-order valence-electron chi connectivity index (χ2n) is 9.00. The summed E-state index contributed by atoms with van der Waals surface area (Å²) in [7, 11) is 6.30. The number of anilines is 2. The predicted octanol–water partition coefficient (Wildman–Crippen LogP) is 4.16. The first-order chi connectivity index (χ1) is 16.6. The van der Waals surface area contributed by atoms with Crippen molar-refractivity contribution in [3.05, 3.63) is 18.3 Å². The Morgan fingerprint density at radius 3 is 2.20 bits per heavy atom. The molecule has 1 aliphatic carbocycles.